The molecule has 6 rings (SSSR count). The number of aromatic nitrogens is 4. The number of rotatable bonds is 6. The lowest BCUT2D eigenvalue weighted by Gasteiger charge is -2.33. The van der Waals surface area contributed by atoms with E-state index in [0.29, 0.717) is 47.9 Å². The molecular formula is C29H34N6O4S2. The lowest BCUT2D eigenvalue weighted by Crippen LogP contribution is -2.41. The third-order valence-corrected chi connectivity index (χ3v) is 10.4. The van der Waals surface area contributed by atoms with Crippen molar-refractivity contribution in [1.82, 2.24) is 28.6 Å². The molecule has 10 nitrogen and oxygen atoms in total. The van der Waals surface area contributed by atoms with Crippen molar-refractivity contribution >= 4 is 44.4 Å². The summed E-state index contributed by atoms with van der Waals surface area (Å²) in [5, 5.41) is 0. The summed E-state index contributed by atoms with van der Waals surface area (Å²) in [5.74, 6) is 0.727. The van der Waals surface area contributed by atoms with E-state index in [0.717, 1.165) is 54.7 Å². The number of amides is 2. The van der Waals surface area contributed by atoms with Crippen LogP contribution in [0.25, 0.3) is 9.92 Å². The molecule has 0 N–H and O–H groups in total. The Kier molecular flexibility index (Phi) is 7.78. The molecule has 216 valence electrons. The number of hydrogen-bond acceptors (Lipinski definition) is 8. The van der Waals surface area contributed by atoms with Gasteiger partial charge in [-0.2, -0.15) is 0 Å². The topological polar surface area (TPSA) is 109 Å². The average Bonchev–Trinajstić information content (AvgIpc) is 3.56. The summed E-state index contributed by atoms with van der Waals surface area (Å²) in [6.45, 7) is 6.51. The van der Waals surface area contributed by atoms with E-state index >= 15 is 0 Å². The zero-order valence-electron chi connectivity index (χ0n) is 23.4. The van der Waals surface area contributed by atoms with Gasteiger partial charge in [0, 0.05) is 60.7 Å². The quantitative estimate of drug-likeness (QED) is 0.334. The van der Waals surface area contributed by atoms with Crippen LogP contribution in [-0.2, 0) is 0 Å². The lowest BCUT2D eigenvalue weighted by atomic mass is 9.86. The van der Waals surface area contributed by atoms with Gasteiger partial charge in [-0.05, 0) is 51.4 Å². The molecule has 0 bridgehead atoms. The number of carbonyl (C=O) groups is 2. The predicted octanol–water partition coefficient (Wildman–Crippen LogP) is 4.02. The highest BCUT2D eigenvalue weighted by Crippen LogP contribution is 2.28. The number of carbonyl (C=O) groups excluding carboxylic acids is 2. The monoisotopic (exact) mass is 594 g/mol. The summed E-state index contributed by atoms with van der Waals surface area (Å²) in [6, 6.07) is 0. The molecule has 4 aromatic rings. The molecule has 6 heterocycles. The minimum Gasteiger partial charge on any atom is -0.338 e. The Morgan fingerprint density at radius 1 is 0.732 bits per heavy atom. The van der Waals surface area contributed by atoms with Crippen LogP contribution in [0.3, 0.4) is 0 Å². The van der Waals surface area contributed by atoms with Crippen LogP contribution in [0.15, 0.2) is 34.4 Å². The molecule has 41 heavy (non-hydrogen) atoms. The normalized spacial score (nSPS) is 17.1. The molecule has 2 aliphatic rings. The molecule has 0 unspecified atom stereocenters. The number of nitrogens with zero attached hydrogens (tertiary/aromatic N) is 6. The van der Waals surface area contributed by atoms with Gasteiger partial charge in [0.1, 0.15) is 11.1 Å². The van der Waals surface area contributed by atoms with E-state index in [-0.39, 0.29) is 34.1 Å². The lowest BCUT2D eigenvalue weighted by molar-refractivity contribution is 0.0678. The van der Waals surface area contributed by atoms with Crippen molar-refractivity contribution in [1.29, 1.82) is 0 Å². The summed E-state index contributed by atoms with van der Waals surface area (Å²) in [4.78, 5) is 67.2. The van der Waals surface area contributed by atoms with Crippen LogP contribution in [0.1, 0.15) is 75.4 Å². The van der Waals surface area contributed by atoms with Crippen LogP contribution in [0.4, 0.5) is 0 Å². The Hall–Kier alpha value is -3.38. The van der Waals surface area contributed by atoms with Crippen molar-refractivity contribution in [2.24, 2.45) is 11.8 Å². The van der Waals surface area contributed by atoms with Gasteiger partial charge in [-0.3, -0.25) is 28.0 Å². The first-order valence-corrected chi connectivity index (χ1v) is 16.0. The molecule has 0 saturated carbocycles. The summed E-state index contributed by atoms with van der Waals surface area (Å²) in [5.41, 5.74) is -0.289. The molecule has 12 heteroatoms. The minimum absolute atomic E-state index is 0.146. The molecule has 0 aliphatic carbocycles. The number of fused-ring (bicyclic) bond motifs is 2. The second-order valence-corrected chi connectivity index (χ2v) is 13.8. The van der Waals surface area contributed by atoms with E-state index in [9.17, 15) is 19.2 Å². The van der Waals surface area contributed by atoms with Crippen molar-refractivity contribution < 1.29 is 9.59 Å². The highest BCUT2D eigenvalue weighted by Gasteiger charge is 2.28. The molecule has 2 aliphatic heterocycles. The highest BCUT2D eigenvalue weighted by molar-refractivity contribution is 7.17. The number of aryl methyl sites for hydroxylation is 2. The maximum absolute atomic E-state index is 13.1. The summed E-state index contributed by atoms with van der Waals surface area (Å²) in [6.07, 6.45) is 13.5. The smallest absolute Gasteiger partial charge is 0.271 e. The van der Waals surface area contributed by atoms with E-state index in [2.05, 4.69) is 9.97 Å². The zero-order valence-corrected chi connectivity index (χ0v) is 25.0. The van der Waals surface area contributed by atoms with Gasteiger partial charge in [0.25, 0.3) is 22.9 Å². The molecule has 0 spiro atoms. The van der Waals surface area contributed by atoms with E-state index < -0.39 is 0 Å². The molecule has 0 aromatic carbocycles. The highest BCUT2D eigenvalue weighted by atomic mass is 32.1. The van der Waals surface area contributed by atoms with E-state index in [1.54, 1.807) is 22.2 Å². The first-order chi connectivity index (χ1) is 19.8. The zero-order chi connectivity index (χ0) is 28.7. The third-order valence-electron chi connectivity index (χ3n) is 8.53. The van der Waals surface area contributed by atoms with Crippen molar-refractivity contribution in [3.8, 4) is 0 Å². The minimum atomic E-state index is -0.290. The van der Waals surface area contributed by atoms with Crippen molar-refractivity contribution in [2.45, 2.75) is 58.8 Å². The first kappa shape index (κ1) is 27.8. The molecule has 2 fully saturated rings. The number of thiazole rings is 2. The number of likely N-dealkylation sites (tertiary alicyclic amines) is 2. The van der Waals surface area contributed by atoms with Crippen LogP contribution in [0, 0.1) is 25.7 Å². The van der Waals surface area contributed by atoms with Crippen LogP contribution in [0.5, 0.6) is 0 Å². The summed E-state index contributed by atoms with van der Waals surface area (Å²) < 4.78 is 2.95. The molecule has 0 radical (unpaired) electrons. The van der Waals surface area contributed by atoms with Gasteiger partial charge >= 0.3 is 0 Å². The Labute approximate surface area is 245 Å². The van der Waals surface area contributed by atoms with Crippen molar-refractivity contribution in [3.63, 3.8) is 0 Å². The Morgan fingerprint density at radius 2 is 1.12 bits per heavy atom. The molecule has 2 saturated heterocycles. The Balaban J connectivity index is 0.942. The average molecular weight is 595 g/mol. The summed E-state index contributed by atoms with van der Waals surface area (Å²) >= 11 is 2.87. The fourth-order valence-electron chi connectivity index (χ4n) is 6.17. The Morgan fingerprint density at radius 3 is 1.51 bits per heavy atom. The van der Waals surface area contributed by atoms with E-state index in [1.807, 2.05) is 13.8 Å². The third kappa shape index (κ3) is 5.59. The van der Waals surface area contributed by atoms with Gasteiger partial charge in [-0.15, -0.1) is 22.7 Å². The largest absolute Gasteiger partial charge is 0.338 e. The second-order valence-electron chi connectivity index (χ2n) is 11.3. The fraction of sp³-hybridized carbons (Fsp3) is 0.517. The van der Waals surface area contributed by atoms with Gasteiger partial charge in [0.15, 0.2) is 9.92 Å². The standard InChI is InChI=1S/C29H34N6O4S2/c1-18-16-34-26(38)22(14-30-28(34)40-18)24(36)32-10-6-20(7-11-32)4-3-5-21-8-12-33(13-9-21)25(37)23-15-31-29-35(27(23)39)17-19(2)41-29/h14-17,20-21H,3-13H2,1-2H3. The first-order valence-electron chi connectivity index (χ1n) is 14.3. The fourth-order valence-corrected chi connectivity index (χ4v) is 7.74. The van der Waals surface area contributed by atoms with Crippen molar-refractivity contribution in [2.75, 3.05) is 26.2 Å². The van der Waals surface area contributed by atoms with E-state index in [4.69, 9.17) is 0 Å². The van der Waals surface area contributed by atoms with Crippen LogP contribution < -0.4 is 11.1 Å². The van der Waals surface area contributed by atoms with Crippen molar-refractivity contribution in [3.05, 3.63) is 66.4 Å². The number of hydrogen-bond donors (Lipinski definition) is 0. The van der Waals surface area contributed by atoms with E-state index in [1.165, 1.54) is 43.9 Å². The van der Waals surface area contributed by atoms with Gasteiger partial charge < -0.3 is 9.80 Å². The van der Waals surface area contributed by atoms with Crippen LogP contribution in [0.2, 0.25) is 0 Å². The molecule has 2 amide bonds. The Bertz CT molecular complexity index is 1590. The second kappa shape index (κ2) is 11.5. The maximum Gasteiger partial charge on any atom is 0.271 e. The van der Waals surface area contributed by atoms with Gasteiger partial charge in [-0.1, -0.05) is 19.3 Å². The summed E-state index contributed by atoms with van der Waals surface area (Å²) in [7, 11) is 0. The SMILES string of the molecule is Cc1cn2c(=O)c(C(=O)N3CCC(CCCC4CCN(C(=O)c5cnc6sc(C)cn6c5=O)CC4)CC3)cnc2s1. The predicted molar refractivity (Wildman–Crippen MR) is 159 cm³/mol. The van der Waals surface area contributed by atoms with Crippen LogP contribution >= 0.6 is 22.7 Å². The van der Waals surface area contributed by atoms with Gasteiger partial charge in [0.2, 0.25) is 0 Å². The van der Waals surface area contributed by atoms with Gasteiger partial charge in [-0.25, -0.2) is 9.97 Å². The molecular weight excluding hydrogens is 560 g/mol. The van der Waals surface area contributed by atoms with Crippen LogP contribution in [-0.4, -0.2) is 66.6 Å². The molecule has 4 aromatic heterocycles. The van der Waals surface area contributed by atoms with Gasteiger partial charge in [0.05, 0.1) is 0 Å². The number of piperidine rings is 2. The maximum atomic E-state index is 13.1. The molecule has 0 atom stereocenters.